The summed E-state index contributed by atoms with van der Waals surface area (Å²) in [7, 11) is 1.97. The average Bonchev–Trinajstić information content (AvgIpc) is 2.19. The van der Waals surface area contributed by atoms with Crippen LogP contribution in [0.3, 0.4) is 0 Å². The second-order valence-electron chi connectivity index (χ2n) is 3.46. The zero-order chi connectivity index (χ0) is 9.68. The maximum Gasteiger partial charge on any atom is 0.319 e. The second kappa shape index (κ2) is 5.19. The molecule has 1 fully saturated rings. The van der Waals surface area contributed by atoms with Crippen molar-refractivity contribution in [2.75, 3.05) is 13.6 Å². The Hall–Kier alpha value is -0.610. The van der Waals surface area contributed by atoms with Gasteiger partial charge in [-0.25, -0.2) is 0 Å². The Morgan fingerprint density at radius 2 is 2.08 bits per heavy atom. The summed E-state index contributed by atoms with van der Waals surface area (Å²) >= 11 is 0. The molecule has 0 heterocycles. The summed E-state index contributed by atoms with van der Waals surface area (Å²) < 4.78 is 5.14. The van der Waals surface area contributed by atoms with Crippen molar-refractivity contribution in [3.63, 3.8) is 0 Å². The molecule has 0 aromatic carbocycles. The molecule has 4 nitrogen and oxygen atoms in total. The summed E-state index contributed by atoms with van der Waals surface area (Å²) in [5, 5.41) is 3.23. The maximum atomic E-state index is 10.9. The van der Waals surface area contributed by atoms with Crippen LogP contribution in [0.1, 0.15) is 25.7 Å². The summed E-state index contributed by atoms with van der Waals surface area (Å²) in [5.74, 6) is -0.284. The molecule has 0 saturated heterocycles. The predicted octanol–water partition coefficient (Wildman–Crippen LogP) is 0.0189. The highest BCUT2D eigenvalue weighted by atomic mass is 16.5. The van der Waals surface area contributed by atoms with Crippen molar-refractivity contribution in [2.45, 2.75) is 37.8 Å². The molecule has 0 aromatic heterocycles. The molecule has 0 spiro atoms. The molecule has 1 rings (SSSR count). The van der Waals surface area contributed by atoms with Crippen molar-refractivity contribution in [3.8, 4) is 0 Å². The summed E-state index contributed by atoms with van der Waals surface area (Å²) in [5.41, 5.74) is 5.16. The lowest BCUT2D eigenvalue weighted by atomic mass is 9.93. The lowest BCUT2D eigenvalue weighted by Gasteiger charge is -2.27. The molecule has 1 aliphatic rings. The number of hydrogen-bond acceptors (Lipinski definition) is 4. The van der Waals surface area contributed by atoms with Crippen LogP contribution in [-0.4, -0.2) is 31.7 Å². The fourth-order valence-corrected chi connectivity index (χ4v) is 1.70. The first-order valence-corrected chi connectivity index (χ1v) is 4.83. The van der Waals surface area contributed by atoms with Gasteiger partial charge >= 0.3 is 5.97 Å². The van der Waals surface area contributed by atoms with Crippen LogP contribution in [0.2, 0.25) is 0 Å². The Labute approximate surface area is 78.8 Å². The van der Waals surface area contributed by atoms with Gasteiger partial charge in [0.1, 0.15) is 6.10 Å². The molecule has 0 unspecified atom stereocenters. The largest absolute Gasteiger partial charge is 0.461 e. The van der Waals surface area contributed by atoms with E-state index in [0.29, 0.717) is 6.04 Å². The lowest BCUT2D eigenvalue weighted by Crippen LogP contribution is -2.34. The van der Waals surface area contributed by atoms with Crippen molar-refractivity contribution in [2.24, 2.45) is 5.73 Å². The van der Waals surface area contributed by atoms with Crippen molar-refractivity contribution in [1.29, 1.82) is 0 Å². The van der Waals surface area contributed by atoms with E-state index in [1.807, 2.05) is 7.05 Å². The minimum absolute atomic E-state index is 0.00798. The van der Waals surface area contributed by atoms with Gasteiger partial charge in [-0.05, 0) is 32.7 Å². The number of carbonyl (C=O) groups excluding carboxylic acids is 1. The van der Waals surface area contributed by atoms with Crippen LogP contribution < -0.4 is 11.1 Å². The van der Waals surface area contributed by atoms with Crippen LogP contribution in [0.15, 0.2) is 0 Å². The number of carbonyl (C=O) groups is 1. The van der Waals surface area contributed by atoms with Gasteiger partial charge in [0.2, 0.25) is 0 Å². The highest BCUT2D eigenvalue weighted by Gasteiger charge is 2.22. The number of rotatable bonds is 3. The van der Waals surface area contributed by atoms with Gasteiger partial charge in [0.05, 0.1) is 6.54 Å². The van der Waals surface area contributed by atoms with Crippen LogP contribution >= 0.6 is 0 Å². The summed E-state index contributed by atoms with van der Waals surface area (Å²) in [6, 6.07) is 0.591. The number of nitrogens with two attached hydrogens (primary N) is 1. The number of esters is 1. The molecule has 0 atom stereocenters. The molecule has 76 valence electrons. The number of ether oxygens (including phenoxy) is 1. The molecular formula is C9H18N2O2. The number of nitrogens with one attached hydrogen (secondary N) is 1. The van der Waals surface area contributed by atoms with Gasteiger partial charge in [-0.1, -0.05) is 0 Å². The highest BCUT2D eigenvalue weighted by Crippen LogP contribution is 2.20. The Balaban J connectivity index is 2.21. The first-order valence-electron chi connectivity index (χ1n) is 4.83. The zero-order valence-corrected chi connectivity index (χ0v) is 8.08. The van der Waals surface area contributed by atoms with Crippen LogP contribution in [-0.2, 0) is 9.53 Å². The lowest BCUT2D eigenvalue weighted by molar-refractivity contribution is -0.148. The smallest absolute Gasteiger partial charge is 0.319 e. The molecule has 13 heavy (non-hydrogen) atoms. The average molecular weight is 186 g/mol. The monoisotopic (exact) mass is 186 g/mol. The fourth-order valence-electron chi connectivity index (χ4n) is 1.70. The van der Waals surface area contributed by atoms with Crippen molar-refractivity contribution in [3.05, 3.63) is 0 Å². The van der Waals surface area contributed by atoms with E-state index in [4.69, 9.17) is 10.5 Å². The molecule has 0 bridgehead atoms. The van der Waals surface area contributed by atoms with Crippen LogP contribution in [0.5, 0.6) is 0 Å². The van der Waals surface area contributed by atoms with E-state index in [1.54, 1.807) is 0 Å². The van der Waals surface area contributed by atoms with Gasteiger partial charge in [-0.3, -0.25) is 4.79 Å². The van der Waals surface area contributed by atoms with E-state index < -0.39 is 0 Å². The first-order chi connectivity index (χ1) is 6.26. The molecule has 1 aliphatic carbocycles. The fraction of sp³-hybridized carbons (Fsp3) is 0.889. The number of hydrogen-bond donors (Lipinski definition) is 2. The summed E-state index contributed by atoms with van der Waals surface area (Å²) in [4.78, 5) is 10.9. The third-order valence-electron chi connectivity index (χ3n) is 2.55. The molecule has 0 aromatic rings. The molecule has 0 radical (unpaired) electrons. The van der Waals surface area contributed by atoms with Crippen LogP contribution in [0.4, 0.5) is 0 Å². The molecule has 0 aliphatic heterocycles. The Kier molecular flexibility index (Phi) is 4.18. The van der Waals surface area contributed by atoms with Crippen molar-refractivity contribution in [1.82, 2.24) is 5.32 Å². The standard InChI is InChI=1S/C9H18N2O2/c1-11-7-2-4-8(5-3-7)13-9(12)6-10/h7-8,11H,2-6,10H2,1H3. The van der Waals surface area contributed by atoms with E-state index in [2.05, 4.69) is 5.32 Å². The zero-order valence-electron chi connectivity index (χ0n) is 8.08. The second-order valence-corrected chi connectivity index (χ2v) is 3.46. The van der Waals surface area contributed by atoms with Gasteiger partial charge in [0, 0.05) is 6.04 Å². The highest BCUT2D eigenvalue weighted by molar-refractivity contribution is 5.71. The third-order valence-corrected chi connectivity index (χ3v) is 2.55. The first kappa shape index (κ1) is 10.5. The normalized spacial score (nSPS) is 28.5. The molecule has 1 saturated carbocycles. The quantitative estimate of drug-likeness (QED) is 0.610. The van der Waals surface area contributed by atoms with Gasteiger partial charge in [-0.15, -0.1) is 0 Å². The van der Waals surface area contributed by atoms with E-state index in [0.717, 1.165) is 25.7 Å². The van der Waals surface area contributed by atoms with E-state index in [-0.39, 0.29) is 18.6 Å². The summed E-state index contributed by atoms with van der Waals surface area (Å²) in [6.07, 6.45) is 4.17. The van der Waals surface area contributed by atoms with Crippen LogP contribution in [0.25, 0.3) is 0 Å². The Morgan fingerprint density at radius 1 is 1.46 bits per heavy atom. The van der Waals surface area contributed by atoms with Gasteiger partial charge in [-0.2, -0.15) is 0 Å². The Morgan fingerprint density at radius 3 is 2.54 bits per heavy atom. The molecule has 3 N–H and O–H groups in total. The molecule has 0 amide bonds. The predicted molar refractivity (Wildman–Crippen MR) is 50.3 cm³/mol. The van der Waals surface area contributed by atoms with E-state index in [1.165, 1.54) is 0 Å². The van der Waals surface area contributed by atoms with E-state index >= 15 is 0 Å². The molecular weight excluding hydrogens is 168 g/mol. The van der Waals surface area contributed by atoms with Gasteiger partial charge in [0.25, 0.3) is 0 Å². The van der Waals surface area contributed by atoms with Crippen molar-refractivity contribution >= 4 is 5.97 Å². The minimum atomic E-state index is -0.284. The third kappa shape index (κ3) is 3.32. The maximum absolute atomic E-state index is 10.9. The Bertz CT molecular complexity index is 165. The van der Waals surface area contributed by atoms with Crippen LogP contribution in [0, 0.1) is 0 Å². The topological polar surface area (TPSA) is 64.3 Å². The summed E-state index contributed by atoms with van der Waals surface area (Å²) in [6.45, 7) is -0.00798. The minimum Gasteiger partial charge on any atom is -0.461 e. The van der Waals surface area contributed by atoms with Gasteiger partial charge in [0.15, 0.2) is 0 Å². The van der Waals surface area contributed by atoms with Gasteiger partial charge < -0.3 is 15.8 Å². The SMILES string of the molecule is CNC1CCC(OC(=O)CN)CC1. The van der Waals surface area contributed by atoms with E-state index in [9.17, 15) is 4.79 Å². The van der Waals surface area contributed by atoms with Crippen molar-refractivity contribution < 1.29 is 9.53 Å². The molecule has 4 heteroatoms.